The molecular weight excluding hydrogens is 216 g/mol. The first-order valence-corrected chi connectivity index (χ1v) is 8.14. The molecule has 0 unspecified atom stereocenters. The topological polar surface area (TPSA) is 0 Å². The molecule has 0 aliphatic carbocycles. The van der Waals surface area contributed by atoms with Gasteiger partial charge in [-0.3, -0.25) is 0 Å². The van der Waals surface area contributed by atoms with Crippen LogP contribution < -0.4 is 0 Å². The molecule has 0 aliphatic rings. The van der Waals surface area contributed by atoms with Crippen molar-refractivity contribution in [3.63, 3.8) is 0 Å². The van der Waals surface area contributed by atoms with Gasteiger partial charge in [0.2, 0.25) is 0 Å². The summed E-state index contributed by atoms with van der Waals surface area (Å²) < 4.78 is 0. The highest BCUT2D eigenvalue weighted by molar-refractivity contribution is 4.82. The third-order valence-corrected chi connectivity index (χ3v) is 3.57. The molecule has 18 heavy (non-hydrogen) atoms. The summed E-state index contributed by atoms with van der Waals surface area (Å²) >= 11 is 0. The van der Waals surface area contributed by atoms with Crippen LogP contribution in [0.15, 0.2) is 0 Å². The lowest BCUT2D eigenvalue weighted by atomic mass is 10.0. The lowest BCUT2D eigenvalue weighted by Gasteiger charge is -2.02. The minimum atomic E-state index is 0.966. The molecule has 0 aromatic carbocycles. The van der Waals surface area contributed by atoms with Crippen molar-refractivity contribution >= 4 is 0 Å². The zero-order valence-corrected chi connectivity index (χ0v) is 12.4. The van der Waals surface area contributed by atoms with Crippen LogP contribution in [0.1, 0.15) is 96.3 Å². The van der Waals surface area contributed by atoms with E-state index in [2.05, 4.69) is 12.8 Å². The van der Waals surface area contributed by atoms with Crippen molar-refractivity contribution in [2.75, 3.05) is 0 Å². The van der Waals surface area contributed by atoms with Crippen LogP contribution in [0.5, 0.6) is 0 Å². The second kappa shape index (κ2) is 16.6. The summed E-state index contributed by atoms with van der Waals surface area (Å²) in [7, 11) is 0. The number of unbranched alkanes of at least 4 members (excludes halogenated alkanes) is 14. The Morgan fingerprint density at radius 2 is 0.889 bits per heavy atom. The smallest absolute Gasteiger partial charge is 0.00860 e. The summed E-state index contributed by atoms with van der Waals surface area (Å²) in [5.41, 5.74) is 0. The molecule has 0 aromatic rings. The van der Waals surface area contributed by atoms with E-state index in [-0.39, 0.29) is 0 Å². The Morgan fingerprint density at radius 3 is 1.22 bits per heavy atom. The van der Waals surface area contributed by atoms with E-state index in [0.717, 1.165) is 12.8 Å². The Balaban J connectivity index is 2.89. The van der Waals surface area contributed by atoms with Crippen LogP contribution in [0.4, 0.5) is 0 Å². The van der Waals surface area contributed by atoms with E-state index in [1.54, 1.807) is 0 Å². The number of hydrogen-bond donors (Lipinski definition) is 0. The molecule has 0 saturated heterocycles. The molecule has 0 heteroatoms. The van der Waals surface area contributed by atoms with Gasteiger partial charge in [-0.15, -0.1) is 12.3 Å². The fraction of sp³-hybridized carbons (Fsp3) is 0.833. The van der Waals surface area contributed by atoms with E-state index in [4.69, 9.17) is 6.42 Å². The highest BCUT2D eigenvalue weighted by atomic mass is 14.0. The van der Waals surface area contributed by atoms with E-state index in [1.807, 2.05) is 0 Å². The lowest BCUT2D eigenvalue weighted by molar-refractivity contribution is 0.538. The van der Waals surface area contributed by atoms with Gasteiger partial charge >= 0.3 is 0 Å². The van der Waals surface area contributed by atoms with Gasteiger partial charge in [0.1, 0.15) is 0 Å². The Kier molecular flexibility index (Phi) is 16.2. The second-order valence-electron chi connectivity index (χ2n) is 5.40. The normalized spacial score (nSPS) is 10.4. The third-order valence-electron chi connectivity index (χ3n) is 3.57. The molecule has 0 nitrogen and oxygen atoms in total. The minimum absolute atomic E-state index is 0.966. The summed E-state index contributed by atoms with van der Waals surface area (Å²) in [5, 5.41) is 0. The molecule has 105 valence electrons. The predicted octanol–water partition coefficient (Wildman–Crippen LogP) is 6.31. The van der Waals surface area contributed by atoms with Crippen LogP contribution in [-0.4, -0.2) is 0 Å². The summed E-state index contributed by atoms with van der Waals surface area (Å²) in [6.07, 6.45) is 25.4. The van der Waals surface area contributed by atoms with Gasteiger partial charge in [0.15, 0.2) is 0 Å². The van der Waals surface area contributed by atoms with E-state index in [1.165, 1.54) is 83.5 Å². The standard InChI is InChI=1S/C18H33/c1-3-5-7-9-11-13-15-17-18-16-14-12-10-8-6-4-2/h1H,2,4-18H2. The van der Waals surface area contributed by atoms with Gasteiger partial charge in [0.25, 0.3) is 0 Å². The van der Waals surface area contributed by atoms with Crippen molar-refractivity contribution < 1.29 is 0 Å². The Morgan fingerprint density at radius 1 is 0.556 bits per heavy atom. The molecule has 0 aliphatic heterocycles. The monoisotopic (exact) mass is 249 g/mol. The van der Waals surface area contributed by atoms with Crippen LogP contribution in [0.2, 0.25) is 0 Å². The van der Waals surface area contributed by atoms with Crippen molar-refractivity contribution in [3.05, 3.63) is 6.92 Å². The van der Waals surface area contributed by atoms with Gasteiger partial charge in [-0.2, -0.15) is 0 Å². The molecule has 1 radical (unpaired) electrons. The molecule has 0 rings (SSSR count). The molecule has 0 fully saturated rings. The lowest BCUT2D eigenvalue weighted by Crippen LogP contribution is -1.83. The van der Waals surface area contributed by atoms with Gasteiger partial charge in [-0.05, 0) is 6.42 Å². The zero-order chi connectivity index (χ0) is 13.3. The maximum Gasteiger partial charge on any atom is 0.00860 e. The van der Waals surface area contributed by atoms with Crippen LogP contribution in [0, 0.1) is 19.3 Å². The predicted molar refractivity (Wildman–Crippen MR) is 83.4 cm³/mol. The number of rotatable bonds is 14. The summed E-state index contributed by atoms with van der Waals surface area (Å²) in [6.45, 7) is 3.88. The maximum atomic E-state index is 5.22. The van der Waals surface area contributed by atoms with Gasteiger partial charge in [0, 0.05) is 6.42 Å². The van der Waals surface area contributed by atoms with Crippen LogP contribution in [0.3, 0.4) is 0 Å². The van der Waals surface area contributed by atoms with Gasteiger partial charge in [-0.1, -0.05) is 90.4 Å². The highest BCUT2D eigenvalue weighted by Crippen LogP contribution is 2.13. The highest BCUT2D eigenvalue weighted by Gasteiger charge is 1.93. The molecular formula is C18H33. The molecule has 0 atom stereocenters. The van der Waals surface area contributed by atoms with Gasteiger partial charge < -0.3 is 0 Å². The van der Waals surface area contributed by atoms with Crippen LogP contribution in [0.25, 0.3) is 0 Å². The fourth-order valence-electron chi connectivity index (χ4n) is 2.35. The molecule has 0 amide bonds. The van der Waals surface area contributed by atoms with E-state index in [0.29, 0.717) is 0 Å². The SMILES string of the molecule is C#CCCCCCCCCCCCCCCC[CH2]. The first-order chi connectivity index (χ1) is 8.91. The van der Waals surface area contributed by atoms with Crippen LogP contribution >= 0.6 is 0 Å². The van der Waals surface area contributed by atoms with E-state index >= 15 is 0 Å². The van der Waals surface area contributed by atoms with Gasteiger partial charge in [-0.25, -0.2) is 0 Å². The maximum absolute atomic E-state index is 5.22. The Hall–Kier alpha value is -0.440. The van der Waals surface area contributed by atoms with Crippen molar-refractivity contribution in [2.45, 2.75) is 96.3 Å². The molecule has 0 N–H and O–H groups in total. The van der Waals surface area contributed by atoms with Gasteiger partial charge in [0.05, 0.1) is 0 Å². The molecule has 0 heterocycles. The van der Waals surface area contributed by atoms with Crippen molar-refractivity contribution in [1.29, 1.82) is 0 Å². The molecule has 0 aromatic heterocycles. The molecule has 0 spiro atoms. The quantitative estimate of drug-likeness (QED) is 0.250. The van der Waals surface area contributed by atoms with E-state index in [9.17, 15) is 0 Å². The fourth-order valence-corrected chi connectivity index (χ4v) is 2.35. The zero-order valence-electron chi connectivity index (χ0n) is 12.4. The summed E-state index contributed by atoms with van der Waals surface area (Å²) in [6, 6.07) is 0. The Bertz CT molecular complexity index is 175. The third kappa shape index (κ3) is 15.6. The van der Waals surface area contributed by atoms with Crippen LogP contribution in [-0.2, 0) is 0 Å². The number of terminal acetylenes is 1. The Labute approximate surface area is 116 Å². The summed E-state index contributed by atoms with van der Waals surface area (Å²) in [5.74, 6) is 2.71. The number of hydrogen-bond acceptors (Lipinski definition) is 0. The first kappa shape index (κ1) is 17.6. The van der Waals surface area contributed by atoms with Crippen molar-refractivity contribution in [2.24, 2.45) is 0 Å². The molecule has 0 saturated carbocycles. The minimum Gasteiger partial charge on any atom is -0.120 e. The second-order valence-corrected chi connectivity index (χ2v) is 5.40. The van der Waals surface area contributed by atoms with Crippen molar-refractivity contribution in [1.82, 2.24) is 0 Å². The largest absolute Gasteiger partial charge is 0.120 e. The summed E-state index contributed by atoms with van der Waals surface area (Å²) in [4.78, 5) is 0. The molecule has 0 bridgehead atoms. The average molecular weight is 249 g/mol. The van der Waals surface area contributed by atoms with E-state index < -0.39 is 0 Å². The van der Waals surface area contributed by atoms with Crippen molar-refractivity contribution in [3.8, 4) is 12.3 Å². The first-order valence-electron chi connectivity index (χ1n) is 8.14. The average Bonchev–Trinajstić information content (AvgIpc) is 2.39.